The molecule has 1 aliphatic rings. The Bertz CT molecular complexity index is 345. The van der Waals surface area contributed by atoms with Gasteiger partial charge >= 0.3 is 0 Å². The molecule has 0 amide bonds. The third-order valence-corrected chi connectivity index (χ3v) is 5.18. The smallest absolute Gasteiger partial charge is 0.0687 e. The zero-order chi connectivity index (χ0) is 11.6. The monoisotopic (exact) mass is 240 g/mol. The fraction of sp³-hybridized carbons (Fsp3) is 0.750. The van der Waals surface area contributed by atoms with Crippen LogP contribution in [0.2, 0.25) is 0 Å². The minimum atomic E-state index is -0.199. The number of nitrogens with zero attached hydrogens (tertiary/aromatic N) is 2. The molecule has 2 unspecified atom stereocenters. The standard InChI is InChI=1S/C12H20N2OS/c1-12(7-3-9-16-12)11(15)5-4-10-6-8-13-14(10)2/h6,8,11,15H,3-5,7,9H2,1-2H3. The summed E-state index contributed by atoms with van der Waals surface area (Å²) in [6.45, 7) is 2.19. The Hall–Kier alpha value is -0.480. The van der Waals surface area contributed by atoms with Crippen molar-refractivity contribution in [1.29, 1.82) is 0 Å². The summed E-state index contributed by atoms with van der Waals surface area (Å²) in [6, 6.07) is 2.02. The molecule has 2 rings (SSSR count). The average molecular weight is 240 g/mol. The number of aliphatic hydroxyl groups is 1. The zero-order valence-electron chi connectivity index (χ0n) is 10.0. The van der Waals surface area contributed by atoms with Crippen molar-refractivity contribution in [2.75, 3.05) is 5.75 Å². The van der Waals surface area contributed by atoms with Crippen LogP contribution in [0.3, 0.4) is 0 Å². The molecule has 0 saturated carbocycles. The lowest BCUT2D eigenvalue weighted by Gasteiger charge is -2.29. The Labute approximate surface area is 101 Å². The fourth-order valence-corrected chi connectivity index (χ4v) is 3.65. The summed E-state index contributed by atoms with van der Waals surface area (Å²) >= 11 is 1.92. The molecule has 90 valence electrons. The average Bonchev–Trinajstić information content (AvgIpc) is 2.85. The Balaban J connectivity index is 1.88. The third-order valence-electron chi connectivity index (χ3n) is 3.55. The summed E-state index contributed by atoms with van der Waals surface area (Å²) in [6.07, 6.45) is 5.74. The molecule has 0 aliphatic carbocycles. The molecule has 0 spiro atoms. The first-order valence-corrected chi connectivity index (χ1v) is 6.89. The van der Waals surface area contributed by atoms with Crippen molar-refractivity contribution in [1.82, 2.24) is 9.78 Å². The van der Waals surface area contributed by atoms with Crippen LogP contribution in [0, 0.1) is 0 Å². The van der Waals surface area contributed by atoms with E-state index in [1.54, 1.807) is 0 Å². The maximum Gasteiger partial charge on any atom is 0.0687 e. The van der Waals surface area contributed by atoms with Crippen LogP contribution < -0.4 is 0 Å². The van der Waals surface area contributed by atoms with Crippen molar-refractivity contribution in [3.63, 3.8) is 0 Å². The molecular formula is C12H20N2OS. The highest BCUT2D eigenvalue weighted by molar-refractivity contribution is 8.00. The number of thioether (sulfide) groups is 1. The SMILES string of the molecule is Cn1nccc1CCC(O)C1(C)CCCS1. The van der Waals surface area contributed by atoms with Gasteiger partial charge in [-0.05, 0) is 44.4 Å². The van der Waals surface area contributed by atoms with E-state index in [-0.39, 0.29) is 10.9 Å². The van der Waals surface area contributed by atoms with Gasteiger partial charge in [0.1, 0.15) is 0 Å². The van der Waals surface area contributed by atoms with Crippen molar-refractivity contribution in [2.45, 2.75) is 43.5 Å². The van der Waals surface area contributed by atoms with Crippen LogP contribution in [-0.2, 0) is 13.5 Å². The Kier molecular flexibility index (Phi) is 3.60. The van der Waals surface area contributed by atoms with Crippen LogP contribution in [0.25, 0.3) is 0 Å². The number of aryl methyl sites for hydroxylation is 2. The van der Waals surface area contributed by atoms with Crippen LogP contribution >= 0.6 is 11.8 Å². The molecule has 1 aliphatic heterocycles. The van der Waals surface area contributed by atoms with E-state index >= 15 is 0 Å². The maximum atomic E-state index is 10.2. The van der Waals surface area contributed by atoms with E-state index in [4.69, 9.17) is 0 Å². The van der Waals surface area contributed by atoms with Gasteiger partial charge in [0.05, 0.1) is 6.10 Å². The Morgan fingerprint density at radius 3 is 3.06 bits per heavy atom. The Morgan fingerprint density at radius 2 is 2.50 bits per heavy atom. The summed E-state index contributed by atoms with van der Waals surface area (Å²) in [7, 11) is 1.95. The molecule has 4 heteroatoms. The molecular weight excluding hydrogens is 220 g/mol. The second kappa shape index (κ2) is 4.80. The quantitative estimate of drug-likeness (QED) is 0.875. The third kappa shape index (κ3) is 2.43. The van der Waals surface area contributed by atoms with Gasteiger partial charge in [-0.15, -0.1) is 0 Å². The van der Waals surface area contributed by atoms with Gasteiger partial charge < -0.3 is 5.11 Å². The van der Waals surface area contributed by atoms with Gasteiger partial charge in [-0.25, -0.2) is 0 Å². The van der Waals surface area contributed by atoms with E-state index in [1.807, 2.05) is 35.8 Å². The van der Waals surface area contributed by atoms with E-state index in [9.17, 15) is 5.11 Å². The molecule has 3 nitrogen and oxygen atoms in total. The number of rotatable bonds is 4. The first-order chi connectivity index (χ1) is 7.62. The van der Waals surface area contributed by atoms with E-state index in [0.29, 0.717) is 0 Å². The molecule has 1 N–H and O–H groups in total. The van der Waals surface area contributed by atoms with Crippen LogP contribution in [0.4, 0.5) is 0 Å². The molecule has 1 fully saturated rings. The molecule has 0 bridgehead atoms. The Morgan fingerprint density at radius 1 is 1.69 bits per heavy atom. The maximum absolute atomic E-state index is 10.2. The van der Waals surface area contributed by atoms with Gasteiger partial charge in [0.25, 0.3) is 0 Å². The summed E-state index contributed by atoms with van der Waals surface area (Å²) in [5.41, 5.74) is 1.20. The van der Waals surface area contributed by atoms with Crippen molar-refractivity contribution < 1.29 is 5.11 Å². The van der Waals surface area contributed by atoms with E-state index in [0.717, 1.165) is 19.3 Å². The second-order valence-corrected chi connectivity index (χ2v) is 6.39. The molecule has 0 radical (unpaired) electrons. The van der Waals surface area contributed by atoms with Crippen LogP contribution in [-0.4, -0.2) is 31.5 Å². The first kappa shape index (κ1) is 12.0. The number of aliphatic hydroxyl groups excluding tert-OH is 1. The van der Waals surface area contributed by atoms with Gasteiger partial charge in [-0.3, -0.25) is 4.68 Å². The number of aromatic nitrogens is 2. The lowest BCUT2D eigenvalue weighted by molar-refractivity contribution is 0.124. The van der Waals surface area contributed by atoms with E-state index in [2.05, 4.69) is 12.0 Å². The minimum Gasteiger partial charge on any atom is -0.392 e. The van der Waals surface area contributed by atoms with Crippen molar-refractivity contribution in [3.05, 3.63) is 18.0 Å². The minimum absolute atomic E-state index is 0.0819. The van der Waals surface area contributed by atoms with Gasteiger partial charge in [-0.2, -0.15) is 16.9 Å². The summed E-state index contributed by atoms with van der Waals surface area (Å²) < 4.78 is 1.97. The summed E-state index contributed by atoms with van der Waals surface area (Å²) in [5, 5.41) is 14.4. The normalized spacial score (nSPS) is 27.2. The summed E-state index contributed by atoms with van der Waals surface area (Å²) in [5.74, 6) is 1.19. The highest BCUT2D eigenvalue weighted by atomic mass is 32.2. The number of hydrogen-bond donors (Lipinski definition) is 1. The molecule has 1 saturated heterocycles. The molecule has 1 aromatic heterocycles. The molecule has 2 heterocycles. The number of hydrogen-bond acceptors (Lipinski definition) is 3. The van der Waals surface area contributed by atoms with Gasteiger partial charge in [0, 0.05) is 23.7 Å². The van der Waals surface area contributed by atoms with Crippen LogP contribution in [0.1, 0.15) is 31.9 Å². The van der Waals surface area contributed by atoms with Crippen LogP contribution in [0.15, 0.2) is 12.3 Å². The summed E-state index contributed by atoms with van der Waals surface area (Å²) in [4.78, 5) is 0. The first-order valence-electron chi connectivity index (χ1n) is 5.91. The van der Waals surface area contributed by atoms with Gasteiger partial charge in [0.2, 0.25) is 0 Å². The fourth-order valence-electron chi connectivity index (χ4n) is 2.30. The van der Waals surface area contributed by atoms with E-state index in [1.165, 1.54) is 17.9 Å². The van der Waals surface area contributed by atoms with Crippen LogP contribution in [0.5, 0.6) is 0 Å². The largest absolute Gasteiger partial charge is 0.392 e. The van der Waals surface area contributed by atoms with E-state index < -0.39 is 0 Å². The predicted molar refractivity (Wildman–Crippen MR) is 67.6 cm³/mol. The van der Waals surface area contributed by atoms with Crippen molar-refractivity contribution >= 4 is 11.8 Å². The van der Waals surface area contributed by atoms with Gasteiger partial charge in [-0.1, -0.05) is 0 Å². The van der Waals surface area contributed by atoms with Crippen molar-refractivity contribution in [2.24, 2.45) is 7.05 Å². The highest BCUT2D eigenvalue weighted by Gasteiger charge is 2.36. The van der Waals surface area contributed by atoms with Gasteiger partial charge in [0.15, 0.2) is 0 Å². The lowest BCUT2D eigenvalue weighted by Crippen LogP contribution is -2.34. The molecule has 2 atom stereocenters. The highest BCUT2D eigenvalue weighted by Crippen LogP contribution is 2.41. The lowest BCUT2D eigenvalue weighted by atomic mass is 9.94. The zero-order valence-corrected chi connectivity index (χ0v) is 10.8. The molecule has 0 aromatic carbocycles. The molecule has 16 heavy (non-hydrogen) atoms. The second-order valence-electron chi connectivity index (χ2n) is 4.77. The predicted octanol–water partition coefficient (Wildman–Crippen LogP) is 2.00. The molecule has 1 aromatic rings. The topological polar surface area (TPSA) is 38.0 Å². The van der Waals surface area contributed by atoms with Crippen molar-refractivity contribution in [3.8, 4) is 0 Å².